The predicted molar refractivity (Wildman–Crippen MR) is 95.0 cm³/mol. The van der Waals surface area contributed by atoms with Gasteiger partial charge in [0.25, 0.3) is 0 Å². The summed E-state index contributed by atoms with van der Waals surface area (Å²) < 4.78 is 63.7. The summed E-state index contributed by atoms with van der Waals surface area (Å²) in [5, 5.41) is 0. The second-order valence-electron chi connectivity index (χ2n) is 5.89. The Hall–Kier alpha value is -0.261. The summed E-state index contributed by atoms with van der Waals surface area (Å²) in [6.45, 7) is 4.33. The van der Waals surface area contributed by atoms with E-state index in [9.17, 15) is 25.2 Å². The molecule has 158 valence electrons. The van der Waals surface area contributed by atoms with Gasteiger partial charge in [0.15, 0.2) is 0 Å². The van der Waals surface area contributed by atoms with Crippen LogP contribution < -0.4 is 4.57 Å². The van der Waals surface area contributed by atoms with E-state index in [1.807, 2.05) is 32.1 Å². The number of imidazole rings is 1. The molecule has 0 aliphatic heterocycles. The summed E-state index contributed by atoms with van der Waals surface area (Å²) in [5.74, 6) is 1.37. The van der Waals surface area contributed by atoms with E-state index in [1.54, 1.807) is 0 Å². The minimum Gasteiger partial charge on any atom is -0.0312 e. The molecule has 0 aromatic carbocycles. The monoisotopic (exact) mass is 468 g/mol. The summed E-state index contributed by atoms with van der Waals surface area (Å²) in [4.78, 5) is 0. The first-order valence-corrected chi connectivity index (χ1v) is 10.3. The minimum absolute atomic E-state index is 0. The Balaban J connectivity index is 0.000000468. The van der Waals surface area contributed by atoms with Crippen LogP contribution in [0.3, 0.4) is 0 Å². The van der Waals surface area contributed by atoms with Gasteiger partial charge in [-0.05, 0) is 64.2 Å². The normalized spacial score (nSPS) is 19.4. The van der Waals surface area contributed by atoms with Crippen LogP contribution in [-0.4, -0.2) is 4.57 Å². The van der Waals surface area contributed by atoms with Gasteiger partial charge in [0.2, 0.25) is 6.33 Å². The zero-order chi connectivity index (χ0) is 20.5. The molecule has 2 nitrogen and oxygen atoms in total. The Morgan fingerprint density at radius 2 is 1.32 bits per heavy atom. The van der Waals surface area contributed by atoms with E-state index >= 15 is 0 Å². The number of hydrogen-bond donors (Lipinski definition) is 0. The van der Waals surface area contributed by atoms with Gasteiger partial charge in [-0.3, -0.25) is 0 Å². The van der Waals surface area contributed by atoms with Crippen LogP contribution >= 0.6 is 7.81 Å². The maximum atomic E-state index is 9.87. The Kier molecular flexibility index (Phi) is 11.1. The Bertz CT molecular complexity index is 518. The van der Waals surface area contributed by atoms with Crippen molar-refractivity contribution in [1.29, 1.82) is 0 Å². The SMILES string of the molecule is CCCCn1cc[n+](C[C]2[CH][CH][CH][CH]2)c1.F[P-](F)(F)(F)(F)F.[CH]1[CH][CH][CH][CH]1.[Fe+2]. The molecule has 0 atom stereocenters. The van der Waals surface area contributed by atoms with Crippen molar-refractivity contribution in [2.75, 3.05) is 0 Å². The molecule has 2 saturated carbocycles. The first-order chi connectivity index (χ1) is 12.3. The second-order valence-corrected chi connectivity index (χ2v) is 7.81. The van der Waals surface area contributed by atoms with Crippen LogP contribution in [0, 0.1) is 63.7 Å². The van der Waals surface area contributed by atoms with Gasteiger partial charge in [-0.25, -0.2) is 9.13 Å². The number of halogens is 6. The molecule has 0 unspecified atom stereocenters. The summed E-state index contributed by atoms with van der Waals surface area (Å²) in [6, 6.07) is 0. The topological polar surface area (TPSA) is 8.81 Å². The molecule has 1 heterocycles. The number of unbranched alkanes of at least 4 members (excludes halogenated alkanes) is 1. The number of hydrogen-bond acceptors (Lipinski definition) is 0. The summed E-state index contributed by atoms with van der Waals surface area (Å²) >= 11 is 0. The molecule has 3 rings (SSSR count). The van der Waals surface area contributed by atoms with Crippen molar-refractivity contribution in [2.24, 2.45) is 0 Å². The van der Waals surface area contributed by atoms with Gasteiger partial charge in [-0.1, -0.05) is 13.3 Å². The van der Waals surface area contributed by atoms with E-state index in [1.165, 1.54) is 18.8 Å². The molecule has 0 bridgehead atoms. The van der Waals surface area contributed by atoms with E-state index in [0.29, 0.717) is 0 Å². The zero-order valence-electron chi connectivity index (χ0n) is 15.2. The van der Waals surface area contributed by atoms with Gasteiger partial charge in [-0.15, -0.1) is 0 Å². The van der Waals surface area contributed by atoms with E-state index < -0.39 is 7.81 Å². The van der Waals surface area contributed by atoms with Gasteiger partial charge in [0.1, 0.15) is 12.4 Å². The minimum atomic E-state index is -10.7. The zero-order valence-corrected chi connectivity index (χ0v) is 17.2. The summed E-state index contributed by atoms with van der Waals surface area (Å²) in [6.07, 6.45) is 27.5. The molecule has 10 heteroatoms. The van der Waals surface area contributed by atoms with Gasteiger partial charge >= 0.3 is 50.1 Å². The average molecular weight is 468 g/mol. The molecule has 0 spiro atoms. The van der Waals surface area contributed by atoms with Gasteiger partial charge in [-0.2, -0.15) is 0 Å². The van der Waals surface area contributed by atoms with Crippen LogP contribution in [0.2, 0.25) is 0 Å². The smallest absolute Gasteiger partial charge is 0.0312 e. The summed E-state index contributed by atoms with van der Waals surface area (Å²) in [7, 11) is -10.7. The largest absolute Gasteiger partial charge is 2.00 e. The maximum absolute atomic E-state index is 10.7. The fraction of sp³-hybridized carbons (Fsp3) is 0.278. The molecule has 2 fully saturated rings. The van der Waals surface area contributed by atoms with Crippen LogP contribution in [0.4, 0.5) is 25.2 Å². The van der Waals surface area contributed by atoms with Crippen molar-refractivity contribution < 1.29 is 46.8 Å². The molecule has 10 radical (unpaired) electrons. The molecule has 1 aromatic rings. The third kappa shape index (κ3) is 19.1. The van der Waals surface area contributed by atoms with Crippen LogP contribution in [0.15, 0.2) is 18.7 Å². The molecule has 2 aliphatic carbocycles. The standard InChI is InChI=1S/C13H18N2.C5H5.F6P.Fe/c1-2-3-8-14-9-10-15(12-14)11-13-6-4-5-7-13;1-2-4-5-3-1;1-7(2,3,4,5)6;/h4-7,9-10,12H,2-3,8,11H2,1H3;1-5H;;/q+1;;-1;+2. The number of rotatable bonds is 5. The third-order valence-corrected chi connectivity index (χ3v) is 3.17. The van der Waals surface area contributed by atoms with Gasteiger partial charge in [0.05, 0.1) is 13.1 Å². The molecule has 0 amide bonds. The molecular formula is C18H23F6FeN2P+2. The molecule has 28 heavy (non-hydrogen) atoms. The first kappa shape index (κ1) is 27.7. The first-order valence-electron chi connectivity index (χ1n) is 8.32. The van der Waals surface area contributed by atoms with Crippen LogP contribution in [0.5, 0.6) is 0 Å². The van der Waals surface area contributed by atoms with Crippen molar-refractivity contribution in [3.05, 3.63) is 82.4 Å². The quantitative estimate of drug-likeness (QED) is 0.205. The number of nitrogens with zero attached hydrogens (tertiary/aromatic N) is 2. The van der Waals surface area contributed by atoms with Gasteiger partial charge < -0.3 is 0 Å². The van der Waals surface area contributed by atoms with E-state index in [2.05, 4.69) is 60.5 Å². The van der Waals surface area contributed by atoms with Gasteiger partial charge in [0, 0.05) is 5.92 Å². The van der Waals surface area contributed by atoms with Crippen molar-refractivity contribution in [1.82, 2.24) is 4.57 Å². The number of aromatic nitrogens is 2. The second kappa shape index (κ2) is 11.2. The van der Waals surface area contributed by atoms with Crippen LogP contribution in [-0.2, 0) is 30.2 Å². The molecule has 0 saturated heterocycles. The van der Waals surface area contributed by atoms with Crippen LogP contribution in [0.1, 0.15) is 19.8 Å². The summed E-state index contributed by atoms with van der Waals surface area (Å²) in [5.41, 5.74) is 0. The van der Waals surface area contributed by atoms with Crippen molar-refractivity contribution in [3.63, 3.8) is 0 Å². The third-order valence-electron chi connectivity index (χ3n) is 3.17. The molecule has 2 aliphatic rings. The van der Waals surface area contributed by atoms with Crippen LogP contribution in [0.25, 0.3) is 0 Å². The van der Waals surface area contributed by atoms with E-state index in [0.717, 1.165) is 13.1 Å². The average Bonchev–Trinajstić information content (AvgIpc) is 3.27. The Labute approximate surface area is 174 Å². The van der Waals surface area contributed by atoms with E-state index in [-0.39, 0.29) is 17.1 Å². The molecular weight excluding hydrogens is 445 g/mol. The van der Waals surface area contributed by atoms with E-state index in [4.69, 9.17) is 0 Å². The fourth-order valence-corrected chi connectivity index (χ4v) is 2.06. The Morgan fingerprint density at radius 1 is 0.857 bits per heavy atom. The van der Waals surface area contributed by atoms with Crippen molar-refractivity contribution in [2.45, 2.75) is 32.9 Å². The molecule has 1 aromatic heterocycles. The maximum Gasteiger partial charge on any atom is 2.00 e. The fourth-order valence-electron chi connectivity index (χ4n) is 2.06. The van der Waals surface area contributed by atoms with Crippen molar-refractivity contribution >= 4 is 7.81 Å². The van der Waals surface area contributed by atoms with Crippen molar-refractivity contribution in [3.8, 4) is 0 Å². The predicted octanol–water partition coefficient (Wildman–Crippen LogP) is 6.38. The number of aryl methyl sites for hydroxylation is 1. The Morgan fingerprint density at radius 3 is 1.75 bits per heavy atom. The molecule has 0 N–H and O–H groups in total.